The van der Waals surface area contributed by atoms with Gasteiger partial charge in [-0.3, -0.25) is 9.52 Å². The van der Waals surface area contributed by atoms with Gasteiger partial charge in [-0.1, -0.05) is 35.3 Å². The predicted octanol–water partition coefficient (Wildman–Crippen LogP) is 6.54. The number of carbonyl (C=O) groups is 1. The lowest BCUT2D eigenvalue weighted by molar-refractivity contribution is 0.0955. The van der Waals surface area contributed by atoms with Crippen molar-refractivity contribution in [1.29, 1.82) is 0 Å². The smallest absolute Gasteiger partial charge is 0.271 e. The molecular weight excluding hydrogens is 573 g/mol. The molecule has 40 heavy (non-hydrogen) atoms. The molecule has 0 heterocycles. The van der Waals surface area contributed by atoms with Gasteiger partial charge in [-0.05, 0) is 96.9 Å². The number of hydrazone groups is 1. The minimum Gasteiger partial charge on any atom is -0.490 e. The summed E-state index contributed by atoms with van der Waals surface area (Å²) in [6.07, 6.45) is 1.48. The molecule has 0 aliphatic carbocycles. The van der Waals surface area contributed by atoms with E-state index in [1.165, 1.54) is 54.7 Å². The summed E-state index contributed by atoms with van der Waals surface area (Å²) in [5.41, 5.74) is 4.72. The predicted molar refractivity (Wildman–Crippen MR) is 157 cm³/mol. The quantitative estimate of drug-likeness (QED) is 0.151. The van der Waals surface area contributed by atoms with Gasteiger partial charge in [0.25, 0.3) is 15.9 Å². The molecule has 0 saturated heterocycles. The lowest BCUT2D eigenvalue weighted by atomic mass is 10.2. The largest absolute Gasteiger partial charge is 0.490 e. The first kappa shape index (κ1) is 28.9. The molecule has 0 spiro atoms. The van der Waals surface area contributed by atoms with Gasteiger partial charge in [0, 0.05) is 21.3 Å². The van der Waals surface area contributed by atoms with Crippen LogP contribution in [0.4, 0.5) is 5.69 Å². The van der Waals surface area contributed by atoms with Gasteiger partial charge in [0.15, 0.2) is 11.5 Å². The molecule has 0 bridgehead atoms. The second kappa shape index (κ2) is 13.3. The standard InChI is InChI=1S/C29H25Cl2N3O5S/c1-2-38-28-17-21(5-16-27(28)39-19-20-3-8-23(30)9-4-20)18-32-33-29(35)22-6-12-25(13-7-22)34-40(36,37)26-14-10-24(31)11-15-26/h3-18,34H,2,19H2,1H3,(H,33,35)/b32-18+. The van der Waals surface area contributed by atoms with Crippen LogP contribution in [0.3, 0.4) is 0 Å². The summed E-state index contributed by atoms with van der Waals surface area (Å²) < 4.78 is 39.2. The Labute approximate surface area is 242 Å². The van der Waals surface area contributed by atoms with Crippen LogP contribution in [0.25, 0.3) is 0 Å². The highest BCUT2D eigenvalue weighted by Gasteiger charge is 2.14. The number of hydrogen-bond donors (Lipinski definition) is 2. The fraction of sp³-hybridized carbons (Fsp3) is 0.103. The first-order valence-corrected chi connectivity index (χ1v) is 14.3. The van der Waals surface area contributed by atoms with Gasteiger partial charge >= 0.3 is 0 Å². The molecule has 206 valence electrons. The molecule has 4 aromatic rings. The number of nitrogens with one attached hydrogen (secondary N) is 2. The van der Waals surface area contributed by atoms with Gasteiger partial charge in [-0.15, -0.1) is 0 Å². The van der Waals surface area contributed by atoms with E-state index in [0.717, 1.165) is 5.56 Å². The van der Waals surface area contributed by atoms with Crippen molar-refractivity contribution in [2.24, 2.45) is 5.10 Å². The van der Waals surface area contributed by atoms with E-state index in [2.05, 4.69) is 15.2 Å². The molecule has 0 unspecified atom stereocenters. The molecule has 0 aromatic heterocycles. The van der Waals surface area contributed by atoms with E-state index < -0.39 is 15.9 Å². The van der Waals surface area contributed by atoms with Crippen molar-refractivity contribution >= 4 is 51.0 Å². The molecule has 0 aliphatic heterocycles. The number of nitrogens with zero attached hydrogens (tertiary/aromatic N) is 1. The Balaban J connectivity index is 1.35. The number of anilines is 1. The van der Waals surface area contributed by atoms with Gasteiger partial charge in [-0.25, -0.2) is 13.8 Å². The average Bonchev–Trinajstić information content (AvgIpc) is 2.94. The molecule has 8 nitrogen and oxygen atoms in total. The molecule has 4 rings (SSSR count). The van der Waals surface area contributed by atoms with Crippen molar-refractivity contribution in [3.05, 3.63) is 118 Å². The van der Waals surface area contributed by atoms with Crippen LogP contribution in [0.15, 0.2) is 101 Å². The van der Waals surface area contributed by atoms with Crippen LogP contribution in [-0.4, -0.2) is 27.1 Å². The molecular formula is C29H25Cl2N3O5S. The molecule has 0 atom stereocenters. The first-order valence-electron chi connectivity index (χ1n) is 12.1. The number of benzene rings is 4. The monoisotopic (exact) mass is 597 g/mol. The summed E-state index contributed by atoms with van der Waals surface area (Å²) in [6, 6.07) is 24.5. The van der Waals surface area contributed by atoms with Crippen LogP contribution in [0, 0.1) is 0 Å². The molecule has 0 fully saturated rings. The second-order valence-corrected chi connectivity index (χ2v) is 10.9. The third-order valence-corrected chi connectivity index (χ3v) is 7.38. The van der Waals surface area contributed by atoms with Crippen molar-refractivity contribution in [3.8, 4) is 11.5 Å². The highest BCUT2D eigenvalue weighted by molar-refractivity contribution is 7.92. The van der Waals surface area contributed by atoms with Crippen LogP contribution < -0.4 is 19.6 Å². The highest BCUT2D eigenvalue weighted by Crippen LogP contribution is 2.29. The lowest BCUT2D eigenvalue weighted by Gasteiger charge is -2.12. The maximum Gasteiger partial charge on any atom is 0.271 e. The molecule has 0 aliphatic rings. The number of rotatable bonds is 11. The van der Waals surface area contributed by atoms with Crippen molar-refractivity contribution in [2.75, 3.05) is 11.3 Å². The number of sulfonamides is 1. The summed E-state index contributed by atoms with van der Waals surface area (Å²) in [5.74, 6) is 0.657. The third-order valence-electron chi connectivity index (χ3n) is 5.48. The second-order valence-electron chi connectivity index (χ2n) is 8.39. The topological polar surface area (TPSA) is 106 Å². The van der Waals surface area contributed by atoms with Crippen molar-refractivity contribution in [2.45, 2.75) is 18.4 Å². The summed E-state index contributed by atoms with van der Waals surface area (Å²) in [6.45, 7) is 2.67. The van der Waals surface area contributed by atoms with Crippen molar-refractivity contribution < 1.29 is 22.7 Å². The SMILES string of the molecule is CCOc1cc(/C=N/NC(=O)c2ccc(NS(=O)(=O)c3ccc(Cl)cc3)cc2)ccc1OCc1ccc(Cl)cc1. The first-order chi connectivity index (χ1) is 19.2. The van der Waals surface area contributed by atoms with Crippen LogP contribution in [0.5, 0.6) is 11.5 Å². The summed E-state index contributed by atoms with van der Waals surface area (Å²) >= 11 is 11.8. The number of amides is 1. The van der Waals surface area contributed by atoms with Crippen LogP contribution in [0.1, 0.15) is 28.4 Å². The maximum absolute atomic E-state index is 12.5. The zero-order chi connectivity index (χ0) is 28.5. The van der Waals surface area contributed by atoms with Crippen molar-refractivity contribution in [1.82, 2.24) is 5.43 Å². The number of ether oxygens (including phenoxy) is 2. The van der Waals surface area contributed by atoms with Gasteiger partial charge < -0.3 is 9.47 Å². The Kier molecular flexibility index (Phi) is 9.65. The van der Waals surface area contributed by atoms with Gasteiger partial charge in [-0.2, -0.15) is 5.10 Å². The third kappa shape index (κ3) is 7.98. The molecule has 11 heteroatoms. The Morgan fingerprint density at radius 1 is 0.850 bits per heavy atom. The summed E-state index contributed by atoms with van der Waals surface area (Å²) in [7, 11) is -3.80. The van der Waals surface area contributed by atoms with Crippen LogP contribution in [-0.2, 0) is 16.6 Å². The number of hydrogen-bond acceptors (Lipinski definition) is 6. The fourth-order valence-corrected chi connectivity index (χ4v) is 4.79. The normalized spacial score (nSPS) is 11.3. The van der Waals surface area contributed by atoms with Gasteiger partial charge in [0.1, 0.15) is 6.61 Å². The molecule has 4 aromatic carbocycles. The van der Waals surface area contributed by atoms with Crippen LogP contribution in [0.2, 0.25) is 10.0 Å². The Morgan fingerprint density at radius 2 is 1.50 bits per heavy atom. The summed E-state index contributed by atoms with van der Waals surface area (Å²) in [4.78, 5) is 12.6. The van der Waals surface area contributed by atoms with E-state index in [9.17, 15) is 13.2 Å². The fourth-order valence-electron chi connectivity index (χ4n) is 3.48. The molecule has 1 amide bonds. The van der Waals surface area contributed by atoms with Gasteiger partial charge in [0.2, 0.25) is 0 Å². The molecule has 0 radical (unpaired) electrons. The van der Waals surface area contributed by atoms with E-state index in [1.807, 2.05) is 19.1 Å². The van der Waals surface area contributed by atoms with E-state index >= 15 is 0 Å². The highest BCUT2D eigenvalue weighted by atomic mass is 35.5. The molecule has 2 N–H and O–H groups in total. The maximum atomic E-state index is 12.5. The van der Waals surface area contributed by atoms with E-state index in [0.29, 0.717) is 51.6 Å². The summed E-state index contributed by atoms with van der Waals surface area (Å²) in [5, 5.41) is 5.11. The zero-order valence-electron chi connectivity index (χ0n) is 21.3. The minimum atomic E-state index is -3.80. The van der Waals surface area contributed by atoms with Crippen LogP contribution >= 0.6 is 23.2 Å². The average molecular weight is 599 g/mol. The number of carbonyl (C=O) groups excluding carboxylic acids is 1. The Bertz CT molecular complexity index is 1590. The van der Waals surface area contributed by atoms with E-state index in [-0.39, 0.29) is 4.90 Å². The Hall–Kier alpha value is -4.05. The zero-order valence-corrected chi connectivity index (χ0v) is 23.6. The van der Waals surface area contributed by atoms with Crippen molar-refractivity contribution in [3.63, 3.8) is 0 Å². The molecule has 0 saturated carbocycles. The Morgan fingerprint density at radius 3 is 2.15 bits per heavy atom. The van der Waals surface area contributed by atoms with E-state index in [1.54, 1.807) is 30.3 Å². The number of halogens is 2. The minimum absolute atomic E-state index is 0.0710. The van der Waals surface area contributed by atoms with E-state index in [4.69, 9.17) is 32.7 Å². The lowest BCUT2D eigenvalue weighted by Crippen LogP contribution is -2.18. The van der Waals surface area contributed by atoms with Gasteiger partial charge in [0.05, 0.1) is 17.7 Å².